The van der Waals surface area contributed by atoms with Gasteiger partial charge in [0, 0.05) is 0 Å². The molecule has 1 atom stereocenters. The molecule has 0 aliphatic rings. The molecule has 0 bridgehead atoms. The average Bonchev–Trinajstić information content (AvgIpc) is 1.99. The molecule has 0 spiro atoms. The topological polar surface area (TPSA) is 0 Å². The molecule has 1 radical (unpaired) electrons. The number of alkyl halides is 3. The lowest BCUT2D eigenvalue weighted by Gasteiger charge is -2.27. The molecule has 4 heteroatoms. The fraction of sp³-hybridized carbons (Fsp3) is 1.00. The number of rotatable bonds is 5. The molecule has 0 aliphatic heterocycles. The summed E-state index contributed by atoms with van der Waals surface area (Å²) in [5.41, 5.74) is 0. The van der Waals surface area contributed by atoms with Crippen molar-refractivity contribution in [3.05, 3.63) is 0 Å². The summed E-state index contributed by atoms with van der Waals surface area (Å²) in [5.74, 6) is 0. The fourth-order valence-corrected chi connectivity index (χ4v) is 2.12. The summed E-state index contributed by atoms with van der Waals surface area (Å²) in [7, 11) is -1.56. The molecule has 0 nitrogen and oxygen atoms in total. The van der Waals surface area contributed by atoms with E-state index in [1.54, 1.807) is 13.1 Å². The van der Waals surface area contributed by atoms with Crippen molar-refractivity contribution in [2.75, 3.05) is 0 Å². The maximum absolute atomic E-state index is 13.5. The van der Waals surface area contributed by atoms with Crippen LogP contribution in [0, 0.1) is 0 Å². The highest BCUT2D eigenvalue weighted by molar-refractivity contribution is 6.59. The zero-order valence-electron chi connectivity index (χ0n) is 7.83. The minimum Gasteiger partial charge on any atom is -0.242 e. The third kappa shape index (κ3) is 2.81. The molecule has 0 N–H and O–H groups in total. The summed E-state index contributed by atoms with van der Waals surface area (Å²) in [5, 5.41) is -2.18. The third-order valence-electron chi connectivity index (χ3n) is 2.07. The van der Waals surface area contributed by atoms with E-state index in [2.05, 4.69) is 0 Å². The van der Waals surface area contributed by atoms with Crippen LogP contribution in [-0.2, 0) is 0 Å². The van der Waals surface area contributed by atoms with E-state index >= 15 is 0 Å². The molecule has 0 saturated heterocycles. The highest BCUT2D eigenvalue weighted by Crippen LogP contribution is 2.29. The van der Waals surface area contributed by atoms with Crippen molar-refractivity contribution in [3.63, 3.8) is 0 Å². The normalized spacial score (nSPS) is 17.0. The van der Waals surface area contributed by atoms with E-state index < -0.39 is 20.5 Å². The SMILES string of the molecule is CCCCC(F)(C(F)F)[Si](C)C. The first-order valence-corrected chi connectivity index (χ1v) is 6.72. The second-order valence-corrected chi connectivity index (χ2v) is 6.10. The van der Waals surface area contributed by atoms with Crippen LogP contribution >= 0.6 is 0 Å². The Hall–Kier alpha value is 0.00688. The first-order chi connectivity index (χ1) is 5.45. The third-order valence-corrected chi connectivity index (χ3v) is 4.20. The van der Waals surface area contributed by atoms with Gasteiger partial charge in [-0.25, -0.2) is 13.2 Å². The fourth-order valence-electron chi connectivity index (χ4n) is 1.01. The monoisotopic (exact) mass is 197 g/mol. The highest BCUT2D eigenvalue weighted by atomic mass is 28.3. The zero-order chi connectivity index (χ0) is 9.78. The highest BCUT2D eigenvalue weighted by Gasteiger charge is 2.43. The molecule has 1 unspecified atom stereocenters. The van der Waals surface area contributed by atoms with Crippen molar-refractivity contribution in [3.8, 4) is 0 Å². The Balaban J connectivity index is 4.19. The van der Waals surface area contributed by atoms with Gasteiger partial charge in [-0.1, -0.05) is 32.9 Å². The number of hydrogen-bond donors (Lipinski definition) is 0. The molecule has 0 saturated carbocycles. The van der Waals surface area contributed by atoms with Gasteiger partial charge in [-0.3, -0.25) is 0 Å². The minimum absolute atomic E-state index is 0.0163. The van der Waals surface area contributed by atoms with Crippen LogP contribution in [0.4, 0.5) is 13.2 Å². The predicted octanol–water partition coefficient (Wildman–Crippen LogP) is 3.44. The van der Waals surface area contributed by atoms with Crippen LogP contribution in [0.15, 0.2) is 0 Å². The largest absolute Gasteiger partial charge is 0.268 e. The molecular formula is C8H16F3Si. The summed E-state index contributed by atoms with van der Waals surface area (Å²) in [6.45, 7) is 5.09. The number of halogens is 3. The van der Waals surface area contributed by atoms with Crippen LogP contribution in [0.25, 0.3) is 0 Å². The van der Waals surface area contributed by atoms with E-state index in [1.807, 2.05) is 6.92 Å². The van der Waals surface area contributed by atoms with Gasteiger partial charge in [0.2, 0.25) is 0 Å². The van der Waals surface area contributed by atoms with Crippen molar-refractivity contribution < 1.29 is 13.2 Å². The van der Waals surface area contributed by atoms with Gasteiger partial charge in [0.25, 0.3) is 6.43 Å². The van der Waals surface area contributed by atoms with Gasteiger partial charge in [-0.15, -0.1) is 0 Å². The van der Waals surface area contributed by atoms with Gasteiger partial charge in [-0.2, -0.15) is 0 Å². The number of hydrogen-bond acceptors (Lipinski definition) is 0. The first kappa shape index (κ1) is 12.0. The molecule has 0 fully saturated rings. The van der Waals surface area contributed by atoms with E-state index in [0.29, 0.717) is 6.42 Å². The smallest absolute Gasteiger partial charge is 0.242 e. The van der Waals surface area contributed by atoms with Gasteiger partial charge in [0.15, 0.2) is 5.29 Å². The van der Waals surface area contributed by atoms with Gasteiger partial charge < -0.3 is 0 Å². The lowest BCUT2D eigenvalue weighted by atomic mass is 10.2. The lowest BCUT2D eigenvalue weighted by molar-refractivity contribution is 0.0105. The van der Waals surface area contributed by atoms with Crippen molar-refractivity contribution >= 4 is 8.80 Å². The summed E-state index contributed by atoms with van der Waals surface area (Å²) in [6.07, 6.45) is -1.47. The average molecular weight is 197 g/mol. The van der Waals surface area contributed by atoms with E-state index in [1.165, 1.54) is 0 Å². The van der Waals surface area contributed by atoms with Crippen LogP contribution in [0.2, 0.25) is 13.1 Å². The van der Waals surface area contributed by atoms with Gasteiger partial charge in [0.05, 0.1) is 8.80 Å². The summed E-state index contributed by atoms with van der Waals surface area (Å²) >= 11 is 0. The molecular weight excluding hydrogens is 181 g/mol. The molecule has 0 aromatic rings. The molecule has 0 aliphatic carbocycles. The maximum Gasteiger partial charge on any atom is 0.268 e. The van der Waals surface area contributed by atoms with E-state index in [-0.39, 0.29) is 6.42 Å². The van der Waals surface area contributed by atoms with Crippen LogP contribution in [0.5, 0.6) is 0 Å². The van der Waals surface area contributed by atoms with Gasteiger partial charge in [-0.05, 0) is 6.42 Å². The second kappa shape index (κ2) is 4.89. The van der Waals surface area contributed by atoms with E-state index in [0.717, 1.165) is 6.42 Å². The Morgan fingerprint density at radius 1 is 1.33 bits per heavy atom. The van der Waals surface area contributed by atoms with Crippen molar-refractivity contribution in [1.82, 2.24) is 0 Å². The Morgan fingerprint density at radius 2 is 1.83 bits per heavy atom. The standard InChI is InChI=1S/C8H16F3Si/c1-4-5-6-8(11,7(9)10)12(2)3/h7H,4-6H2,1-3H3. The molecule has 0 aromatic carbocycles. The second-order valence-electron chi connectivity index (χ2n) is 3.27. The first-order valence-electron chi connectivity index (χ1n) is 4.22. The Labute approximate surface area is 73.8 Å². The maximum atomic E-state index is 13.5. The van der Waals surface area contributed by atoms with E-state index in [4.69, 9.17) is 0 Å². The predicted molar refractivity (Wildman–Crippen MR) is 46.9 cm³/mol. The zero-order valence-corrected chi connectivity index (χ0v) is 8.83. The quantitative estimate of drug-likeness (QED) is 0.592. The summed E-state index contributed by atoms with van der Waals surface area (Å²) in [6, 6.07) is 0. The van der Waals surface area contributed by atoms with Crippen molar-refractivity contribution in [2.45, 2.75) is 51.0 Å². The summed E-state index contributed by atoms with van der Waals surface area (Å²) in [4.78, 5) is 0. The summed E-state index contributed by atoms with van der Waals surface area (Å²) < 4.78 is 38.1. The number of unbranched alkanes of at least 4 members (excludes halogenated alkanes) is 1. The molecule has 0 heterocycles. The van der Waals surface area contributed by atoms with Crippen molar-refractivity contribution in [1.29, 1.82) is 0 Å². The van der Waals surface area contributed by atoms with Crippen LogP contribution in [-0.4, -0.2) is 20.5 Å². The van der Waals surface area contributed by atoms with Crippen molar-refractivity contribution in [2.24, 2.45) is 0 Å². The van der Waals surface area contributed by atoms with Crippen LogP contribution < -0.4 is 0 Å². The molecule has 12 heavy (non-hydrogen) atoms. The van der Waals surface area contributed by atoms with Crippen LogP contribution in [0.1, 0.15) is 26.2 Å². The minimum atomic E-state index is -2.81. The Bertz CT molecular complexity index is 117. The van der Waals surface area contributed by atoms with Gasteiger partial charge in [0.1, 0.15) is 0 Å². The van der Waals surface area contributed by atoms with Crippen LogP contribution in [0.3, 0.4) is 0 Å². The lowest BCUT2D eigenvalue weighted by Crippen LogP contribution is -2.44. The molecule has 0 amide bonds. The van der Waals surface area contributed by atoms with Gasteiger partial charge >= 0.3 is 0 Å². The van der Waals surface area contributed by atoms with E-state index in [9.17, 15) is 13.2 Å². The molecule has 73 valence electrons. The molecule has 0 rings (SSSR count). The Kier molecular flexibility index (Phi) is 4.90. The Morgan fingerprint density at radius 3 is 2.08 bits per heavy atom. The molecule has 0 aromatic heterocycles.